The van der Waals surface area contributed by atoms with Crippen LogP contribution in [-0.4, -0.2) is 16.5 Å². The highest BCUT2D eigenvalue weighted by Gasteiger charge is 2.11. The number of rotatable bonds is 3. The Morgan fingerprint density at radius 1 is 1.28 bits per heavy atom. The van der Waals surface area contributed by atoms with Crippen LogP contribution in [0.2, 0.25) is 10.0 Å². The summed E-state index contributed by atoms with van der Waals surface area (Å²) in [6.07, 6.45) is 1.78. The largest absolute Gasteiger partial charge is 0.354 e. The second-order valence-corrected chi connectivity index (χ2v) is 4.64. The highest BCUT2D eigenvalue weighted by atomic mass is 35.5. The van der Waals surface area contributed by atoms with Gasteiger partial charge in [0.15, 0.2) is 0 Å². The molecule has 0 radical (unpaired) electrons. The average Bonchev–Trinajstić information content (AvgIpc) is 2.36. The van der Waals surface area contributed by atoms with E-state index in [0.29, 0.717) is 16.0 Å². The van der Waals surface area contributed by atoms with Crippen LogP contribution in [0.3, 0.4) is 0 Å². The number of nitrogens with one attached hydrogen (secondary N) is 1. The molecule has 1 aromatic heterocycles. The van der Waals surface area contributed by atoms with Gasteiger partial charge in [0.05, 0.1) is 15.7 Å². The van der Waals surface area contributed by atoms with Crippen LogP contribution in [-0.2, 0) is 0 Å². The molecule has 0 atom stereocenters. The highest BCUT2D eigenvalue weighted by molar-refractivity contribution is 6.43. The standard InChI is InChI=1S/C13H13Cl2N3/c1-3-16-13-17-7-8(2)12(18-13)9-5-4-6-10(14)11(9)15/h4-7H,3H2,1-2H3,(H,16,17,18). The lowest BCUT2D eigenvalue weighted by molar-refractivity contribution is 1.07. The highest BCUT2D eigenvalue weighted by Crippen LogP contribution is 2.33. The van der Waals surface area contributed by atoms with Crippen molar-refractivity contribution in [3.8, 4) is 11.3 Å². The number of nitrogens with zero attached hydrogens (tertiary/aromatic N) is 2. The molecule has 1 heterocycles. The first-order valence-corrected chi connectivity index (χ1v) is 6.41. The van der Waals surface area contributed by atoms with Gasteiger partial charge in [-0.15, -0.1) is 0 Å². The minimum Gasteiger partial charge on any atom is -0.354 e. The Kier molecular flexibility index (Phi) is 4.04. The lowest BCUT2D eigenvalue weighted by Crippen LogP contribution is -2.03. The molecule has 1 N–H and O–H groups in total. The van der Waals surface area contributed by atoms with Gasteiger partial charge >= 0.3 is 0 Å². The molecule has 3 nitrogen and oxygen atoms in total. The van der Waals surface area contributed by atoms with Gasteiger partial charge in [0, 0.05) is 18.3 Å². The summed E-state index contributed by atoms with van der Waals surface area (Å²) in [5, 5.41) is 4.12. The predicted octanol–water partition coefficient (Wildman–Crippen LogP) is 4.19. The van der Waals surface area contributed by atoms with Crippen molar-refractivity contribution in [1.82, 2.24) is 9.97 Å². The van der Waals surface area contributed by atoms with Crippen molar-refractivity contribution in [2.24, 2.45) is 0 Å². The number of anilines is 1. The smallest absolute Gasteiger partial charge is 0.223 e. The Labute approximate surface area is 116 Å². The van der Waals surface area contributed by atoms with Crippen LogP contribution in [0.5, 0.6) is 0 Å². The van der Waals surface area contributed by atoms with E-state index in [9.17, 15) is 0 Å². The van der Waals surface area contributed by atoms with Gasteiger partial charge in [-0.2, -0.15) is 0 Å². The van der Waals surface area contributed by atoms with Crippen molar-refractivity contribution in [3.05, 3.63) is 40.0 Å². The van der Waals surface area contributed by atoms with Crippen molar-refractivity contribution in [2.75, 3.05) is 11.9 Å². The SMILES string of the molecule is CCNc1ncc(C)c(-c2cccc(Cl)c2Cl)n1. The summed E-state index contributed by atoms with van der Waals surface area (Å²) >= 11 is 12.2. The van der Waals surface area contributed by atoms with Crippen LogP contribution in [0, 0.1) is 6.92 Å². The van der Waals surface area contributed by atoms with Crippen molar-refractivity contribution < 1.29 is 0 Å². The van der Waals surface area contributed by atoms with Crippen LogP contribution >= 0.6 is 23.2 Å². The molecule has 2 rings (SSSR count). The van der Waals surface area contributed by atoms with Gasteiger partial charge in [-0.1, -0.05) is 35.3 Å². The van der Waals surface area contributed by atoms with Crippen LogP contribution in [0.4, 0.5) is 5.95 Å². The Hall–Kier alpha value is -1.32. The molecule has 0 saturated heterocycles. The first-order chi connectivity index (χ1) is 8.63. The van der Waals surface area contributed by atoms with Crippen LogP contribution in [0.1, 0.15) is 12.5 Å². The molecule has 2 aromatic rings. The summed E-state index contributed by atoms with van der Waals surface area (Å²) in [6, 6.07) is 5.52. The van der Waals surface area contributed by atoms with E-state index >= 15 is 0 Å². The lowest BCUT2D eigenvalue weighted by Gasteiger charge is -2.10. The predicted molar refractivity (Wildman–Crippen MR) is 76.4 cm³/mol. The van der Waals surface area contributed by atoms with Crippen molar-refractivity contribution in [1.29, 1.82) is 0 Å². The zero-order chi connectivity index (χ0) is 13.1. The van der Waals surface area contributed by atoms with Crippen molar-refractivity contribution >= 4 is 29.2 Å². The van der Waals surface area contributed by atoms with Gasteiger partial charge in [-0.05, 0) is 25.5 Å². The maximum absolute atomic E-state index is 6.22. The lowest BCUT2D eigenvalue weighted by atomic mass is 10.1. The van der Waals surface area contributed by atoms with Crippen LogP contribution < -0.4 is 5.32 Å². The number of benzene rings is 1. The number of aromatic nitrogens is 2. The zero-order valence-electron chi connectivity index (χ0n) is 10.2. The van der Waals surface area contributed by atoms with Gasteiger partial charge in [-0.3, -0.25) is 0 Å². The van der Waals surface area contributed by atoms with E-state index < -0.39 is 0 Å². The van der Waals surface area contributed by atoms with E-state index in [1.165, 1.54) is 0 Å². The molecule has 0 unspecified atom stereocenters. The molecule has 0 aliphatic rings. The van der Waals surface area contributed by atoms with Gasteiger partial charge in [0.25, 0.3) is 0 Å². The number of aryl methyl sites for hydroxylation is 1. The van der Waals surface area contributed by atoms with Gasteiger partial charge in [-0.25, -0.2) is 9.97 Å². The summed E-state index contributed by atoms with van der Waals surface area (Å²) in [5.41, 5.74) is 2.58. The molecule has 0 fully saturated rings. The summed E-state index contributed by atoms with van der Waals surface area (Å²) in [7, 11) is 0. The molecule has 5 heteroatoms. The average molecular weight is 282 g/mol. The second kappa shape index (κ2) is 5.55. The fourth-order valence-corrected chi connectivity index (χ4v) is 2.03. The van der Waals surface area contributed by atoms with E-state index in [4.69, 9.17) is 23.2 Å². The molecule has 18 heavy (non-hydrogen) atoms. The summed E-state index contributed by atoms with van der Waals surface area (Å²) < 4.78 is 0. The van der Waals surface area contributed by atoms with E-state index in [1.54, 1.807) is 12.3 Å². The van der Waals surface area contributed by atoms with Gasteiger partial charge in [0.1, 0.15) is 0 Å². The first kappa shape index (κ1) is 13.1. The van der Waals surface area contributed by atoms with Gasteiger partial charge in [0.2, 0.25) is 5.95 Å². The minimum absolute atomic E-state index is 0.517. The topological polar surface area (TPSA) is 37.8 Å². The fourth-order valence-electron chi connectivity index (χ4n) is 1.64. The van der Waals surface area contributed by atoms with Crippen LogP contribution in [0.15, 0.2) is 24.4 Å². The molecule has 0 spiro atoms. The molecule has 0 aliphatic carbocycles. The Morgan fingerprint density at radius 3 is 2.78 bits per heavy atom. The van der Waals surface area contributed by atoms with Gasteiger partial charge < -0.3 is 5.32 Å². The molecule has 0 aliphatic heterocycles. The molecular formula is C13H13Cl2N3. The Bertz CT molecular complexity index is 570. The maximum atomic E-state index is 6.22. The number of hydrogen-bond donors (Lipinski definition) is 1. The number of halogens is 2. The summed E-state index contributed by atoms with van der Waals surface area (Å²) in [5.74, 6) is 0.592. The Morgan fingerprint density at radius 2 is 2.06 bits per heavy atom. The number of hydrogen-bond acceptors (Lipinski definition) is 3. The molecule has 0 saturated carbocycles. The third-order valence-corrected chi connectivity index (χ3v) is 3.33. The van der Waals surface area contributed by atoms with Crippen LogP contribution in [0.25, 0.3) is 11.3 Å². The molecular weight excluding hydrogens is 269 g/mol. The van der Waals surface area contributed by atoms with E-state index in [2.05, 4.69) is 15.3 Å². The normalized spacial score (nSPS) is 10.4. The maximum Gasteiger partial charge on any atom is 0.223 e. The van der Waals surface area contributed by atoms with Crippen molar-refractivity contribution in [3.63, 3.8) is 0 Å². The molecule has 1 aromatic carbocycles. The van der Waals surface area contributed by atoms with E-state index in [1.807, 2.05) is 26.0 Å². The summed E-state index contributed by atoms with van der Waals surface area (Å²) in [6.45, 7) is 4.71. The van der Waals surface area contributed by atoms with E-state index in [0.717, 1.165) is 23.4 Å². The molecule has 94 valence electrons. The molecule has 0 amide bonds. The zero-order valence-corrected chi connectivity index (χ0v) is 11.7. The minimum atomic E-state index is 0.517. The fraction of sp³-hybridized carbons (Fsp3) is 0.231. The summed E-state index contributed by atoms with van der Waals surface area (Å²) in [4.78, 5) is 8.68. The first-order valence-electron chi connectivity index (χ1n) is 5.65. The quantitative estimate of drug-likeness (QED) is 0.917. The second-order valence-electron chi connectivity index (χ2n) is 3.86. The monoisotopic (exact) mass is 281 g/mol. The van der Waals surface area contributed by atoms with E-state index in [-0.39, 0.29) is 0 Å². The third-order valence-electron chi connectivity index (χ3n) is 2.51. The Balaban J connectivity index is 2.55. The van der Waals surface area contributed by atoms with Crippen molar-refractivity contribution in [2.45, 2.75) is 13.8 Å². The molecule has 0 bridgehead atoms. The third kappa shape index (κ3) is 2.57.